The van der Waals surface area contributed by atoms with E-state index in [2.05, 4.69) is 34.5 Å². The Hall–Kier alpha value is -1.60. The molecule has 0 unspecified atom stereocenters. The van der Waals surface area contributed by atoms with Crippen LogP contribution in [-0.4, -0.2) is 58.8 Å². The monoisotopic (exact) mass is 382 g/mol. The number of hydrogen-bond acceptors (Lipinski definition) is 4. The Kier molecular flexibility index (Phi) is 9.65. The number of unbranched alkanes of at least 4 members (excludes halogenated alkanes) is 1. The number of sulfone groups is 1. The van der Waals surface area contributed by atoms with Gasteiger partial charge in [-0.1, -0.05) is 25.5 Å². The summed E-state index contributed by atoms with van der Waals surface area (Å²) >= 11 is 0. The SMILES string of the molecule is CCCCN(C)CCNC(=NCc1ccc(S(C)(=O)=O)c(C)c1)NCC. The second kappa shape index (κ2) is 11.2. The zero-order valence-corrected chi connectivity index (χ0v) is 17.6. The van der Waals surface area contributed by atoms with Crippen molar-refractivity contribution >= 4 is 15.8 Å². The Labute approximate surface area is 159 Å². The lowest BCUT2D eigenvalue weighted by molar-refractivity contribution is 0.332. The third kappa shape index (κ3) is 8.19. The Morgan fingerprint density at radius 3 is 2.50 bits per heavy atom. The highest BCUT2D eigenvalue weighted by Gasteiger charge is 2.10. The summed E-state index contributed by atoms with van der Waals surface area (Å²) in [5, 5.41) is 6.59. The van der Waals surface area contributed by atoms with Crippen LogP contribution in [0.2, 0.25) is 0 Å². The number of nitrogens with zero attached hydrogens (tertiary/aromatic N) is 2. The maximum atomic E-state index is 11.7. The van der Waals surface area contributed by atoms with Crippen LogP contribution in [0.3, 0.4) is 0 Å². The molecular formula is C19H34N4O2S. The molecule has 1 aromatic carbocycles. The predicted octanol–water partition coefficient (Wildman–Crippen LogP) is 2.19. The molecule has 2 N–H and O–H groups in total. The normalized spacial score (nSPS) is 12.5. The Morgan fingerprint density at radius 1 is 1.19 bits per heavy atom. The van der Waals surface area contributed by atoms with Crippen molar-refractivity contribution < 1.29 is 8.42 Å². The van der Waals surface area contributed by atoms with Crippen LogP contribution in [0.25, 0.3) is 0 Å². The zero-order valence-electron chi connectivity index (χ0n) is 16.8. The van der Waals surface area contributed by atoms with Crippen LogP contribution in [-0.2, 0) is 16.4 Å². The van der Waals surface area contributed by atoms with Gasteiger partial charge in [0.15, 0.2) is 15.8 Å². The minimum Gasteiger partial charge on any atom is -0.357 e. The number of rotatable bonds is 10. The van der Waals surface area contributed by atoms with Gasteiger partial charge in [-0.2, -0.15) is 0 Å². The van der Waals surface area contributed by atoms with Gasteiger partial charge in [-0.05, 0) is 51.1 Å². The Bertz CT molecular complexity index is 687. The van der Waals surface area contributed by atoms with Gasteiger partial charge >= 0.3 is 0 Å². The van der Waals surface area contributed by atoms with Crippen molar-refractivity contribution in [3.63, 3.8) is 0 Å². The molecular weight excluding hydrogens is 348 g/mol. The van der Waals surface area contributed by atoms with E-state index in [-0.39, 0.29) is 0 Å². The fourth-order valence-electron chi connectivity index (χ4n) is 2.64. The molecule has 0 fully saturated rings. The van der Waals surface area contributed by atoms with Gasteiger partial charge in [0.05, 0.1) is 11.4 Å². The van der Waals surface area contributed by atoms with Gasteiger partial charge in [0.2, 0.25) is 0 Å². The summed E-state index contributed by atoms with van der Waals surface area (Å²) in [6, 6.07) is 5.38. The molecule has 1 aromatic rings. The summed E-state index contributed by atoms with van der Waals surface area (Å²) in [5.74, 6) is 0.779. The fraction of sp³-hybridized carbons (Fsp3) is 0.632. The van der Waals surface area contributed by atoms with E-state index in [0.29, 0.717) is 11.4 Å². The van der Waals surface area contributed by atoms with E-state index in [1.165, 1.54) is 19.1 Å². The summed E-state index contributed by atoms with van der Waals surface area (Å²) in [6.07, 6.45) is 3.66. The van der Waals surface area contributed by atoms with Crippen molar-refractivity contribution in [3.05, 3.63) is 29.3 Å². The molecule has 0 aliphatic rings. The number of likely N-dealkylation sites (N-methyl/N-ethyl adjacent to an activating group) is 1. The minimum absolute atomic E-state index is 0.380. The minimum atomic E-state index is -3.18. The summed E-state index contributed by atoms with van der Waals surface area (Å²) in [4.78, 5) is 7.29. The molecule has 1 rings (SSSR count). The van der Waals surface area contributed by atoms with Crippen LogP contribution in [0.5, 0.6) is 0 Å². The summed E-state index contributed by atoms with van der Waals surface area (Å²) < 4.78 is 23.4. The molecule has 0 radical (unpaired) electrons. The van der Waals surface area contributed by atoms with Crippen LogP contribution < -0.4 is 10.6 Å². The van der Waals surface area contributed by atoms with Gasteiger partial charge in [-0.15, -0.1) is 0 Å². The van der Waals surface area contributed by atoms with Gasteiger partial charge in [-0.25, -0.2) is 13.4 Å². The van der Waals surface area contributed by atoms with E-state index in [4.69, 9.17) is 0 Å². The Balaban J connectivity index is 2.64. The number of aliphatic imine (C=N–C) groups is 1. The van der Waals surface area contributed by atoms with Gasteiger partial charge in [0, 0.05) is 25.9 Å². The first kappa shape index (κ1) is 22.4. The lowest BCUT2D eigenvalue weighted by atomic mass is 10.1. The molecule has 0 saturated heterocycles. The van der Waals surface area contributed by atoms with Crippen molar-refractivity contribution in [3.8, 4) is 0 Å². The topological polar surface area (TPSA) is 73.8 Å². The first-order chi connectivity index (χ1) is 12.3. The molecule has 26 heavy (non-hydrogen) atoms. The van der Waals surface area contributed by atoms with Crippen LogP contribution in [0, 0.1) is 6.92 Å². The van der Waals surface area contributed by atoms with Crippen molar-refractivity contribution in [2.24, 2.45) is 4.99 Å². The molecule has 0 bridgehead atoms. The quantitative estimate of drug-likeness (QED) is 0.479. The highest BCUT2D eigenvalue weighted by Crippen LogP contribution is 2.17. The largest absolute Gasteiger partial charge is 0.357 e. The average molecular weight is 383 g/mol. The second-order valence-electron chi connectivity index (χ2n) is 6.65. The maximum absolute atomic E-state index is 11.7. The van der Waals surface area contributed by atoms with E-state index in [0.717, 1.165) is 43.3 Å². The van der Waals surface area contributed by atoms with E-state index in [9.17, 15) is 8.42 Å². The number of aryl methyl sites for hydroxylation is 1. The van der Waals surface area contributed by atoms with Crippen molar-refractivity contribution in [1.82, 2.24) is 15.5 Å². The standard InChI is InChI=1S/C19H34N4O2S/c1-6-8-12-23(4)13-11-21-19(20-7-2)22-15-17-9-10-18(16(3)14-17)26(5,24)25/h9-10,14H,6-8,11-13,15H2,1-5H3,(H2,20,21,22). The summed E-state index contributed by atoms with van der Waals surface area (Å²) in [7, 11) is -1.05. The third-order valence-electron chi connectivity index (χ3n) is 4.08. The molecule has 0 spiro atoms. The zero-order chi connectivity index (χ0) is 19.6. The number of nitrogens with one attached hydrogen (secondary N) is 2. The molecule has 0 aliphatic heterocycles. The van der Waals surface area contributed by atoms with Crippen molar-refractivity contribution in [1.29, 1.82) is 0 Å². The molecule has 0 heterocycles. The summed E-state index contributed by atoms with van der Waals surface area (Å²) in [5.41, 5.74) is 1.75. The van der Waals surface area contributed by atoms with E-state index in [1.807, 2.05) is 26.0 Å². The van der Waals surface area contributed by atoms with Crippen molar-refractivity contribution in [2.75, 3.05) is 39.5 Å². The summed E-state index contributed by atoms with van der Waals surface area (Å²) in [6.45, 7) is 10.3. The maximum Gasteiger partial charge on any atom is 0.191 e. The van der Waals surface area contributed by atoms with Gasteiger partial charge in [0.25, 0.3) is 0 Å². The molecule has 0 saturated carbocycles. The second-order valence-corrected chi connectivity index (χ2v) is 8.63. The lowest BCUT2D eigenvalue weighted by Gasteiger charge is -2.18. The Morgan fingerprint density at radius 2 is 1.92 bits per heavy atom. The first-order valence-electron chi connectivity index (χ1n) is 9.28. The highest BCUT2D eigenvalue weighted by molar-refractivity contribution is 7.90. The van der Waals surface area contributed by atoms with Gasteiger partial charge in [0.1, 0.15) is 0 Å². The van der Waals surface area contributed by atoms with Crippen molar-refractivity contribution in [2.45, 2.75) is 45.1 Å². The number of hydrogen-bond donors (Lipinski definition) is 2. The molecule has 6 nitrogen and oxygen atoms in total. The van der Waals surface area contributed by atoms with Gasteiger partial charge < -0.3 is 15.5 Å². The highest BCUT2D eigenvalue weighted by atomic mass is 32.2. The van der Waals surface area contributed by atoms with Crippen LogP contribution in [0.15, 0.2) is 28.1 Å². The average Bonchev–Trinajstić information content (AvgIpc) is 2.56. The predicted molar refractivity (Wildman–Crippen MR) is 110 cm³/mol. The molecule has 0 amide bonds. The van der Waals surface area contributed by atoms with Crippen LogP contribution >= 0.6 is 0 Å². The van der Waals surface area contributed by atoms with Gasteiger partial charge in [-0.3, -0.25) is 0 Å². The number of benzene rings is 1. The third-order valence-corrected chi connectivity index (χ3v) is 5.34. The van der Waals surface area contributed by atoms with E-state index in [1.54, 1.807) is 6.07 Å². The molecule has 0 aromatic heterocycles. The molecule has 0 aliphatic carbocycles. The first-order valence-corrected chi connectivity index (χ1v) is 11.2. The fourth-order valence-corrected chi connectivity index (χ4v) is 3.60. The molecule has 7 heteroatoms. The van der Waals surface area contributed by atoms with E-state index < -0.39 is 9.84 Å². The number of guanidine groups is 1. The molecule has 0 atom stereocenters. The van der Waals surface area contributed by atoms with E-state index >= 15 is 0 Å². The van der Waals surface area contributed by atoms with Crippen LogP contribution in [0.4, 0.5) is 0 Å². The smallest absolute Gasteiger partial charge is 0.191 e. The lowest BCUT2D eigenvalue weighted by Crippen LogP contribution is -2.41. The molecule has 148 valence electrons. The van der Waals surface area contributed by atoms with Crippen LogP contribution in [0.1, 0.15) is 37.8 Å².